The third-order valence-electron chi connectivity index (χ3n) is 2.97. The van der Waals surface area contributed by atoms with Crippen molar-refractivity contribution in [3.05, 3.63) is 53.3 Å². The summed E-state index contributed by atoms with van der Waals surface area (Å²) in [6.07, 6.45) is 0. The topological polar surface area (TPSA) is 29.5 Å². The maximum absolute atomic E-state index is 13.1. The Morgan fingerprint density at radius 1 is 1.12 bits per heavy atom. The minimum absolute atomic E-state index is 0.0174. The van der Waals surface area contributed by atoms with Crippen molar-refractivity contribution in [2.75, 3.05) is 0 Å². The van der Waals surface area contributed by atoms with E-state index in [2.05, 4.69) is 0 Å². The molecule has 0 fully saturated rings. The Labute approximate surface area is 98.3 Å². The number of aliphatic hydroxyl groups is 1. The van der Waals surface area contributed by atoms with Crippen LogP contribution in [0.15, 0.2) is 36.4 Å². The lowest BCUT2D eigenvalue weighted by molar-refractivity contribution is 0.279. The molecule has 2 aromatic rings. The lowest BCUT2D eigenvalue weighted by atomic mass is 9.95. The fourth-order valence-corrected chi connectivity index (χ4v) is 2.12. The second kappa shape index (κ2) is 3.86. The van der Waals surface area contributed by atoms with Crippen LogP contribution in [0, 0.1) is 5.82 Å². The molecule has 0 amide bonds. The Hall–Kier alpha value is -1.87. The van der Waals surface area contributed by atoms with E-state index in [-0.39, 0.29) is 12.4 Å². The van der Waals surface area contributed by atoms with Gasteiger partial charge < -0.3 is 9.84 Å². The molecule has 0 spiro atoms. The molecule has 0 unspecified atom stereocenters. The summed E-state index contributed by atoms with van der Waals surface area (Å²) >= 11 is 0. The van der Waals surface area contributed by atoms with Gasteiger partial charge in [-0.3, -0.25) is 0 Å². The van der Waals surface area contributed by atoms with Crippen LogP contribution in [0.5, 0.6) is 5.75 Å². The van der Waals surface area contributed by atoms with Crippen LogP contribution in [0.3, 0.4) is 0 Å². The Morgan fingerprint density at radius 2 is 1.94 bits per heavy atom. The zero-order valence-electron chi connectivity index (χ0n) is 9.11. The van der Waals surface area contributed by atoms with E-state index < -0.39 is 0 Å². The van der Waals surface area contributed by atoms with Crippen LogP contribution in [-0.2, 0) is 13.2 Å². The zero-order chi connectivity index (χ0) is 11.8. The van der Waals surface area contributed by atoms with Crippen molar-refractivity contribution < 1.29 is 14.2 Å². The van der Waals surface area contributed by atoms with E-state index in [0.29, 0.717) is 12.4 Å². The van der Waals surface area contributed by atoms with E-state index in [1.165, 1.54) is 12.1 Å². The second-order valence-corrected chi connectivity index (χ2v) is 4.08. The normalized spacial score (nSPS) is 12.6. The van der Waals surface area contributed by atoms with E-state index in [0.717, 1.165) is 22.3 Å². The standard InChI is InChI=1S/C14H11FO2/c15-11-2-4-13-12-3-1-9(7-16)5-10(12)8-17-14(13)6-11/h1-6,16H,7-8H2. The largest absolute Gasteiger partial charge is 0.488 e. The van der Waals surface area contributed by atoms with Gasteiger partial charge in [-0.2, -0.15) is 0 Å². The molecule has 0 radical (unpaired) electrons. The molecule has 3 heteroatoms. The first-order chi connectivity index (χ1) is 8.28. The van der Waals surface area contributed by atoms with E-state index >= 15 is 0 Å². The Morgan fingerprint density at radius 3 is 2.76 bits per heavy atom. The minimum Gasteiger partial charge on any atom is -0.488 e. The first kappa shape index (κ1) is 10.3. The number of rotatable bonds is 1. The Kier molecular flexibility index (Phi) is 2.34. The first-order valence-corrected chi connectivity index (χ1v) is 5.43. The van der Waals surface area contributed by atoms with Crippen molar-refractivity contribution in [3.63, 3.8) is 0 Å². The van der Waals surface area contributed by atoms with Gasteiger partial charge in [-0.05, 0) is 34.9 Å². The fourth-order valence-electron chi connectivity index (χ4n) is 2.12. The molecule has 1 N–H and O–H groups in total. The van der Waals surface area contributed by atoms with Gasteiger partial charge in [0.2, 0.25) is 0 Å². The van der Waals surface area contributed by atoms with Crippen molar-refractivity contribution in [1.29, 1.82) is 0 Å². The minimum atomic E-state index is -0.292. The molecule has 2 aromatic carbocycles. The van der Waals surface area contributed by atoms with Crippen LogP contribution in [0.1, 0.15) is 11.1 Å². The average Bonchev–Trinajstić information content (AvgIpc) is 2.37. The van der Waals surface area contributed by atoms with Crippen LogP contribution < -0.4 is 4.74 Å². The molecule has 3 rings (SSSR count). The van der Waals surface area contributed by atoms with Crippen LogP contribution in [0.25, 0.3) is 11.1 Å². The number of fused-ring (bicyclic) bond motifs is 3. The molecule has 0 bridgehead atoms. The van der Waals surface area contributed by atoms with Crippen molar-refractivity contribution in [2.24, 2.45) is 0 Å². The molecule has 1 aliphatic rings. The highest BCUT2D eigenvalue weighted by Crippen LogP contribution is 2.38. The Balaban J connectivity index is 2.16. The van der Waals surface area contributed by atoms with Gasteiger partial charge in [0.1, 0.15) is 18.2 Å². The molecule has 0 atom stereocenters. The zero-order valence-corrected chi connectivity index (χ0v) is 9.11. The summed E-state index contributed by atoms with van der Waals surface area (Å²) in [7, 11) is 0. The molecule has 2 nitrogen and oxygen atoms in total. The average molecular weight is 230 g/mol. The monoisotopic (exact) mass is 230 g/mol. The quantitative estimate of drug-likeness (QED) is 0.816. The summed E-state index contributed by atoms with van der Waals surface area (Å²) in [6.45, 7) is 0.434. The molecule has 0 saturated carbocycles. The maximum Gasteiger partial charge on any atom is 0.130 e. The molecule has 0 aliphatic carbocycles. The first-order valence-electron chi connectivity index (χ1n) is 5.43. The summed E-state index contributed by atoms with van der Waals surface area (Å²) in [5.74, 6) is 0.286. The summed E-state index contributed by atoms with van der Waals surface area (Å²) in [4.78, 5) is 0. The van der Waals surface area contributed by atoms with Gasteiger partial charge >= 0.3 is 0 Å². The molecule has 86 valence electrons. The summed E-state index contributed by atoms with van der Waals surface area (Å²) in [6, 6.07) is 10.3. The molecule has 0 aromatic heterocycles. The smallest absolute Gasteiger partial charge is 0.130 e. The molecular formula is C14H11FO2. The number of aliphatic hydroxyl groups excluding tert-OH is 1. The van der Waals surface area contributed by atoms with E-state index in [1.807, 2.05) is 18.2 Å². The van der Waals surface area contributed by atoms with Gasteiger partial charge in [-0.15, -0.1) is 0 Å². The molecule has 1 aliphatic heterocycles. The summed E-state index contributed by atoms with van der Waals surface area (Å²) in [5, 5.41) is 9.08. The van der Waals surface area contributed by atoms with Gasteiger partial charge in [0.15, 0.2) is 0 Å². The third-order valence-corrected chi connectivity index (χ3v) is 2.97. The predicted octanol–water partition coefficient (Wildman–Crippen LogP) is 2.88. The number of hydrogen-bond acceptors (Lipinski definition) is 2. The van der Waals surface area contributed by atoms with Crippen LogP contribution in [0.4, 0.5) is 4.39 Å². The molecule has 1 heterocycles. The van der Waals surface area contributed by atoms with Crippen molar-refractivity contribution in [2.45, 2.75) is 13.2 Å². The van der Waals surface area contributed by atoms with Crippen molar-refractivity contribution in [3.8, 4) is 16.9 Å². The second-order valence-electron chi connectivity index (χ2n) is 4.08. The van der Waals surface area contributed by atoms with Gasteiger partial charge in [-0.25, -0.2) is 4.39 Å². The van der Waals surface area contributed by atoms with Crippen LogP contribution in [0.2, 0.25) is 0 Å². The number of hydrogen-bond donors (Lipinski definition) is 1. The summed E-state index contributed by atoms with van der Waals surface area (Å²) in [5.41, 5.74) is 3.83. The van der Waals surface area contributed by atoms with E-state index in [4.69, 9.17) is 9.84 Å². The molecule has 17 heavy (non-hydrogen) atoms. The van der Waals surface area contributed by atoms with Crippen molar-refractivity contribution >= 4 is 0 Å². The van der Waals surface area contributed by atoms with Gasteiger partial charge in [-0.1, -0.05) is 12.1 Å². The van der Waals surface area contributed by atoms with Crippen LogP contribution in [-0.4, -0.2) is 5.11 Å². The SMILES string of the molecule is OCc1ccc2c(c1)COc1cc(F)ccc1-2. The van der Waals surface area contributed by atoms with Crippen LogP contribution >= 0.6 is 0 Å². The summed E-state index contributed by atoms with van der Waals surface area (Å²) < 4.78 is 18.6. The highest BCUT2D eigenvalue weighted by Gasteiger charge is 2.17. The highest BCUT2D eigenvalue weighted by atomic mass is 19.1. The lowest BCUT2D eigenvalue weighted by Crippen LogP contribution is -2.06. The number of ether oxygens (including phenoxy) is 1. The number of halogens is 1. The van der Waals surface area contributed by atoms with E-state index in [9.17, 15) is 4.39 Å². The maximum atomic E-state index is 13.1. The molecular weight excluding hydrogens is 219 g/mol. The molecule has 0 saturated heterocycles. The van der Waals surface area contributed by atoms with E-state index in [1.54, 1.807) is 6.07 Å². The van der Waals surface area contributed by atoms with Gasteiger partial charge in [0, 0.05) is 11.6 Å². The highest BCUT2D eigenvalue weighted by molar-refractivity contribution is 5.75. The van der Waals surface area contributed by atoms with Gasteiger partial charge in [0.25, 0.3) is 0 Å². The Bertz CT molecular complexity index is 578. The third kappa shape index (κ3) is 1.68. The fraction of sp³-hybridized carbons (Fsp3) is 0.143. The predicted molar refractivity (Wildman–Crippen MR) is 62.1 cm³/mol. The van der Waals surface area contributed by atoms with Crippen molar-refractivity contribution in [1.82, 2.24) is 0 Å². The van der Waals surface area contributed by atoms with Gasteiger partial charge in [0.05, 0.1) is 6.61 Å². The number of benzene rings is 2. The lowest BCUT2D eigenvalue weighted by Gasteiger charge is -2.21.